The number of hydrogen-bond donors (Lipinski definition) is 1. The second-order valence-corrected chi connectivity index (χ2v) is 8.96. The van der Waals surface area contributed by atoms with E-state index in [0.717, 1.165) is 23.4 Å². The largest absolute Gasteiger partial charge is 0.493 e. The van der Waals surface area contributed by atoms with Gasteiger partial charge in [0.05, 0.1) is 12.3 Å². The number of nitrogens with zero attached hydrogens (tertiary/aromatic N) is 1. The van der Waals surface area contributed by atoms with Crippen molar-refractivity contribution in [3.63, 3.8) is 0 Å². The molecule has 164 valence electrons. The second kappa shape index (κ2) is 11.4. The Balaban J connectivity index is 2.00. The van der Waals surface area contributed by atoms with Gasteiger partial charge in [-0.2, -0.15) is 0 Å². The van der Waals surface area contributed by atoms with Crippen LogP contribution in [-0.2, 0) is 4.74 Å². The van der Waals surface area contributed by atoms with Crippen molar-refractivity contribution in [2.75, 3.05) is 24.7 Å². The molecule has 1 aromatic carbocycles. The van der Waals surface area contributed by atoms with Gasteiger partial charge >= 0.3 is 6.09 Å². The molecule has 0 bridgehead atoms. The number of anilines is 1. The quantitative estimate of drug-likeness (QED) is 0.456. The number of carbonyl (C=O) groups is 1. The zero-order valence-corrected chi connectivity index (χ0v) is 18.7. The molecule has 1 aromatic rings. The summed E-state index contributed by atoms with van der Waals surface area (Å²) in [6.45, 7) is 9.13. The van der Waals surface area contributed by atoms with Gasteiger partial charge in [-0.3, -0.25) is 4.90 Å². The van der Waals surface area contributed by atoms with Gasteiger partial charge in [0.1, 0.15) is 11.4 Å². The maximum Gasteiger partial charge on any atom is 0.414 e. The highest BCUT2D eigenvalue weighted by molar-refractivity contribution is 5.92. The Morgan fingerprint density at radius 3 is 2.48 bits per heavy atom. The van der Waals surface area contributed by atoms with Gasteiger partial charge in [0, 0.05) is 24.6 Å². The van der Waals surface area contributed by atoms with Crippen molar-refractivity contribution in [1.29, 1.82) is 0 Å². The summed E-state index contributed by atoms with van der Waals surface area (Å²) in [5, 5.41) is 9.51. The summed E-state index contributed by atoms with van der Waals surface area (Å²) in [6.07, 6.45) is 8.97. The predicted molar refractivity (Wildman–Crippen MR) is 118 cm³/mol. The third-order valence-corrected chi connectivity index (χ3v) is 5.24. The molecule has 2 rings (SSSR count). The first-order valence-electron chi connectivity index (χ1n) is 11.2. The van der Waals surface area contributed by atoms with Gasteiger partial charge in [0.2, 0.25) is 0 Å². The van der Waals surface area contributed by atoms with Crippen LogP contribution in [0.4, 0.5) is 10.5 Å². The molecule has 0 saturated carbocycles. The summed E-state index contributed by atoms with van der Waals surface area (Å²) in [6, 6.07) is 5.85. The molecule has 5 heteroatoms. The Morgan fingerprint density at radius 2 is 1.83 bits per heavy atom. The first-order valence-corrected chi connectivity index (χ1v) is 11.2. The lowest BCUT2D eigenvalue weighted by molar-refractivity contribution is 0.0581. The molecular weight excluding hydrogens is 366 g/mol. The van der Waals surface area contributed by atoms with Crippen LogP contribution in [0.3, 0.4) is 0 Å². The minimum Gasteiger partial charge on any atom is -0.493 e. The van der Waals surface area contributed by atoms with Gasteiger partial charge in [-0.15, -0.1) is 0 Å². The Labute approximate surface area is 176 Å². The molecule has 0 fully saturated rings. The molecule has 0 spiro atoms. The van der Waals surface area contributed by atoms with E-state index in [2.05, 4.69) is 6.92 Å². The molecule has 0 aliphatic carbocycles. The molecular formula is C24H39NO4. The Morgan fingerprint density at radius 1 is 1.14 bits per heavy atom. The van der Waals surface area contributed by atoms with Crippen molar-refractivity contribution in [3.05, 3.63) is 23.8 Å². The number of aliphatic hydroxyl groups is 1. The zero-order chi connectivity index (χ0) is 21.3. The minimum absolute atomic E-state index is 0.0627. The number of carbonyl (C=O) groups excluding carboxylic acids is 1. The number of hydrogen-bond acceptors (Lipinski definition) is 4. The zero-order valence-electron chi connectivity index (χ0n) is 18.7. The highest BCUT2D eigenvalue weighted by Crippen LogP contribution is 2.44. The fraction of sp³-hybridized carbons (Fsp3) is 0.708. The van der Waals surface area contributed by atoms with Gasteiger partial charge in [0.15, 0.2) is 0 Å². The number of benzene rings is 1. The van der Waals surface area contributed by atoms with E-state index in [1.54, 1.807) is 4.90 Å². The molecule has 0 saturated heterocycles. The van der Waals surface area contributed by atoms with Crippen LogP contribution >= 0.6 is 0 Å². The summed E-state index contributed by atoms with van der Waals surface area (Å²) in [7, 11) is 0. The number of aliphatic hydroxyl groups excluding tert-OH is 1. The lowest BCUT2D eigenvalue weighted by atomic mass is 9.97. The van der Waals surface area contributed by atoms with Crippen molar-refractivity contribution in [3.8, 4) is 5.75 Å². The van der Waals surface area contributed by atoms with Crippen LogP contribution in [0.5, 0.6) is 5.75 Å². The molecule has 1 N–H and O–H groups in total. The standard InChI is InChI=1S/C24H39NO4/c1-5-6-7-8-9-10-11-17-28-21-14-12-13-20-22(21)19(15-16-26)18-25(20)23(27)29-24(2,3)4/h12-14,19,26H,5-11,15-18H2,1-4H3. The van der Waals surface area contributed by atoms with E-state index < -0.39 is 5.60 Å². The molecule has 1 unspecified atom stereocenters. The first-order chi connectivity index (χ1) is 13.9. The third-order valence-electron chi connectivity index (χ3n) is 5.24. The summed E-state index contributed by atoms with van der Waals surface area (Å²) in [5.74, 6) is 0.894. The van der Waals surface area contributed by atoms with Gasteiger partial charge in [0.25, 0.3) is 0 Å². The van der Waals surface area contributed by atoms with E-state index >= 15 is 0 Å². The topological polar surface area (TPSA) is 59.0 Å². The van der Waals surface area contributed by atoms with E-state index in [0.29, 0.717) is 19.6 Å². The Kier molecular flexibility index (Phi) is 9.28. The maximum atomic E-state index is 12.7. The van der Waals surface area contributed by atoms with Crippen molar-refractivity contribution in [2.24, 2.45) is 0 Å². The monoisotopic (exact) mass is 405 g/mol. The lowest BCUT2D eigenvalue weighted by Gasteiger charge is -2.25. The SMILES string of the molecule is CCCCCCCCCOc1cccc2c1C(CCO)CN2C(=O)OC(C)(C)C. The third kappa shape index (κ3) is 7.22. The fourth-order valence-corrected chi connectivity index (χ4v) is 3.84. The van der Waals surface area contributed by atoms with Crippen LogP contribution in [0.2, 0.25) is 0 Å². The molecule has 1 amide bonds. The maximum absolute atomic E-state index is 12.7. The van der Waals surface area contributed by atoms with Gasteiger partial charge in [-0.1, -0.05) is 51.5 Å². The smallest absolute Gasteiger partial charge is 0.414 e. The van der Waals surface area contributed by atoms with Crippen LogP contribution in [0.15, 0.2) is 18.2 Å². The van der Waals surface area contributed by atoms with Gasteiger partial charge in [-0.05, 0) is 45.7 Å². The number of unbranched alkanes of at least 4 members (excludes halogenated alkanes) is 6. The van der Waals surface area contributed by atoms with Crippen molar-refractivity contribution in [2.45, 2.75) is 90.6 Å². The lowest BCUT2D eigenvalue weighted by Crippen LogP contribution is -2.36. The molecule has 1 heterocycles. The van der Waals surface area contributed by atoms with E-state index in [-0.39, 0.29) is 18.6 Å². The van der Waals surface area contributed by atoms with E-state index in [9.17, 15) is 9.90 Å². The second-order valence-electron chi connectivity index (χ2n) is 8.96. The van der Waals surface area contributed by atoms with E-state index in [1.807, 2.05) is 39.0 Å². The van der Waals surface area contributed by atoms with Crippen LogP contribution in [0.1, 0.15) is 90.5 Å². The number of fused-ring (bicyclic) bond motifs is 1. The summed E-state index contributed by atoms with van der Waals surface area (Å²) < 4.78 is 11.7. The molecule has 0 aromatic heterocycles. The van der Waals surface area contributed by atoms with Crippen LogP contribution in [0, 0.1) is 0 Å². The van der Waals surface area contributed by atoms with E-state index in [1.165, 1.54) is 38.5 Å². The normalized spacial score (nSPS) is 16.0. The summed E-state index contributed by atoms with van der Waals surface area (Å²) in [4.78, 5) is 14.4. The summed E-state index contributed by atoms with van der Waals surface area (Å²) in [5.41, 5.74) is 1.32. The Bertz CT molecular complexity index is 638. The Hall–Kier alpha value is -1.75. The van der Waals surface area contributed by atoms with E-state index in [4.69, 9.17) is 9.47 Å². The van der Waals surface area contributed by atoms with Crippen molar-refractivity contribution >= 4 is 11.8 Å². The van der Waals surface area contributed by atoms with Gasteiger partial charge in [-0.25, -0.2) is 4.79 Å². The number of ether oxygens (including phenoxy) is 2. The highest BCUT2D eigenvalue weighted by atomic mass is 16.6. The first kappa shape index (κ1) is 23.5. The summed E-state index contributed by atoms with van der Waals surface area (Å²) >= 11 is 0. The predicted octanol–water partition coefficient (Wildman–Crippen LogP) is 6.04. The molecule has 5 nitrogen and oxygen atoms in total. The van der Waals surface area contributed by atoms with Crippen molar-refractivity contribution in [1.82, 2.24) is 0 Å². The average Bonchev–Trinajstić information content (AvgIpc) is 3.02. The highest BCUT2D eigenvalue weighted by Gasteiger charge is 2.36. The number of amides is 1. The van der Waals surface area contributed by atoms with Crippen LogP contribution < -0.4 is 9.64 Å². The average molecular weight is 406 g/mol. The van der Waals surface area contributed by atoms with Crippen LogP contribution in [-0.4, -0.2) is 36.6 Å². The van der Waals surface area contributed by atoms with Crippen molar-refractivity contribution < 1.29 is 19.4 Å². The molecule has 29 heavy (non-hydrogen) atoms. The van der Waals surface area contributed by atoms with Crippen LogP contribution in [0.25, 0.3) is 0 Å². The van der Waals surface area contributed by atoms with Gasteiger partial charge < -0.3 is 14.6 Å². The molecule has 0 radical (unpaired) electrons. The number of rotatable bonds is 11. The fourth-order valence-electron chi connectivity index (χ4n) is 3.84. The minimum atomic E-state index is -0.544. The molecule has 1 aliphatic heterocycles. The molecule has 1 aliphatic rings. The molecule has 1 atom stereocenters.